The Morgan fingerprint density at radius 1 is 0.900 bits per heavy atom. The third kappa shape index (κ3) is 6.29. The molecule has 2 aromatic carbocycles. The first-order valence-electron chi connectivity index (χ1n) is 13.5. The second kappa shape index (κ2) is 10.9. The van der Waals surface area contributed by atoms with Gasteiger partial charge in [-0.1, -0.05) is 0 Å². The summed E-state index contributed by atoms with van der Waals surface area (Å²) in [5, 5.41) is 4.38. The molecule has 1 unspecified atom stereocenters. The van der Waals surface area contributed by atoms with Crippen LogP contribution < -0.4 is 14.8 Å². The fourth-order valence-corrected chi connectivity index (χ4v) is 5.03. The second-order valence-corrected chi connectivity index (χ2v) is 12.2. The van der Waals surface area contributed by atoms with Crippen LogP contribution in [-0.2, 0) is 22.3 Å². The van der Waals surface area contributed by atoms with Crippen LogP contribution in [0.5, 0.6) is 11.5 Å². The molecule has 9 heteroatoms. The van der Waals surface area contributed by atoms with Crippen LogP contribution in [0.25, 0.3) is 10.9 Å². The van der Waals surface area contributed by atoms with Crippen molar-refractivity contribution in [2.45, 2.75) is 78.0 Å². The van der Waals surface area contributed by atoms with Crippen LogP contribution in [0.3, 0.4) is 0 Å². The number of anilines is 2. The standard InChI is InChI=1S/C31H41N3O6/c1-30(2,3)39-28(35)33(7)21-12-14-25-23(18-21)22-16-19(32-20-11-15-26(37-8)27(17-20)38-9)10-13-24(22)34(25)29(36)40-31(4,5)6/h10-11,13,15-17,21,32H,12,14,18H2,1-9H3. The molecule has 0 radical (unpaired) electrons. The lowest BCUT2D eigenvalue weighted by atomic mass is 9.90. The Labute approximate surface area is 236 Å². The van der Waals surface area contributed by atoms with E-state index in [1.807, 2.05) is 77.9 Å². The zero-order valence-corrected chi connectivity index (χ0v) is 25.0. The van der Waals surface area contributed by atoms with Crippen molar-refractivity contribution < 1.29 is 28.5 Å². The molecule has 0 aliphatic heterocycles. The Hall–Kier alpha value is -3.88. The largest absolute Gasteiger partial charge is 0.493 e. The zero-order chi connectivity index (χ0) is 29.4. The molecule has 0 spiro atoms. The molecule has 0 saturated heterocycles. The highest BCUT2D eigenvalue weighted by Gasteiger charge is 2.34. The number of carbonyl (C=O) groups is 2. The summed E-state index contributed by atoms with van der Waals surface area (Å²) in [7, 11) is 4.98. The molecular formula is C31H41N3O6. The third-order valence-electron chi connectivity index (χ3n) is 6.81. The van der Waals surface area contributed by atoms with E-state index in [0.29, 0.717) is 30.8 Å². The number of likely N-dealkylation sites (N-methyl/N-ethyl adjacent to an activating group) is 1. The van der Waals surface area contributed by atoms with Gasteiger partial charge in [-0.15, -0.1) is 0 Å². The van der Waals surface area contributed by atoms with Crippen molar-refractivity contribution in [1.29, 1.82) is 0 Å². The molecule has 0 fully saturated rings. The normalized spacial score (nSPS) is 15.3. The summed E-state index contributed by atoms with van der Waals surface area (Å²) in [6.45, 7) is 11.2. The summed E-state index contributed by atoms with van der Waals surface area (Å²) >= 11 is 0. The van der Waals surface area contributed by atoms with E-state index in [9.17, 15) is 9.59 Å². The van der Waals surface area contributed by atoms with Crippen molar-refractivity contribution in [3.05, 3.63) is 47.7 Å². The van der Waals surface area contributed by atoms with Crippen LogP contribution in [0, 0.1) is 0 Å². The molecule has 0 bridgehead atoms. The van der Waals surface area contributed by atoms with E-state index in [1.54, 1.807) is 30.7 Å². The Balaban J connectivity index is 1.74. The average molecular weight is 552 g/mol. The van der Waals surface area contributed by atoms with Gasteiger partial charge in [-0.2, -0.15) is 0 Å². The minimum absolute atomic E-state index is 0.0671. The number of hydrogen-bond acceptors (Lipinski definition) is 7. The first-order valence-corrected chi connectivity index (χ1v) is 13.5. The van der Waals surface area contributed by atoms with Crippen molar-refractivity contribution in [2.24, 2.45) is 0 Å². The van der Waals surface area contributed by atoms with Gasteiger partial charge in [0, 0.05) is 41.6 Å². The minimum Gasteiger partial charge on any atom is -0.493 e. The highest BCUT2D eigenvalue weighted by molar-refractivity contribution is 5.96. The molecule has 216 valence electrons. The van der Waals surface area contributed by atoms with Gasteiger partial charge in [-0.05, 0) is 96.7 Å². The Morgan fingerprint density at radius 2 is 1.52 bits per heavy atom. The Kier molecular flexibility index (Phi) is 7.97. The highest BCUT2D eigenvalue weighted by Crippen LogP contribution is 2.37. The number of aromatic nitrogens is 1. The monoisotopic (exact) mass is 551 g/mol. The number of carbonyl (C=O) groups excluding carboxylic acids is 2. The van der Waals surface area contributed by atoms with Gasteiger partial charge in [0.05, 0.1) is 19.7 Å². The molecule has 1 aromatic heterocycles. The Morgan fingerprint density at radius 3 is 2.15 bits per heavy atom. The molecule has 1 aliphatic rings. The van der Waals surface area contributed by atoms with E-state index in [0.717, 1.165) is 33.5 Å². The molecule has 4 rings (SSSR count). The lowest BCUT2D eigenvalue weighted by Gasteiger charge is -2.33. The molecule has 9 nitrogen and oxygen atoms in total. The smallest absolute Gasteiger partial charge is 0.419 e. The van der Waals surface area contributed by atoms with Crippen molar-refractivity contribution in [2.75, 3.05) is 26.6 Å². The van der Waals surface area contributed by atoms with Crippen molar-refractivity contribution in [3.63, 3.8) is 0 Å². The van der Waals surface area contributed by atoms with Gasteiger partial charge < -0.3 is 29.2 Å². The SMILES string of the molecule is COc1ccc(Nc2ccc3c(c2)c2c(n3C(=O)OC(C)(C)C)CCC(N(C)C(=O)OC(C)(C)C)C2)cc1OC. The summed E-state index contributed by atoms with van der Waals surface area (Å²) in [4.78, 5) is 27.9. The summed E-state index contributed by atoms with van der Waals surface area (Å²) in [5.41, 5.74) is 3.20. The van der Waals surface area contributed by atoms with Gasteiger partial charge in [0.25, 0.3) is 0 Å². The van der Waals surface area contributed by atoms with Gasteiger partial charge in [0.15, 0.2) is 11.5 Å². The molecule has 40 heavy (non-hydrogen) atoms. The van der Waals surface area contributed by atoms with Gasteiger partial charge >= 0.3 is 12.2 Å². The number of hydrogen-bond donors (Lipinski definition) is 1. The number of ether oxygens (including phenoxy) is 4. The van der Waals surface area contributed by atoms with Crippen LogP contribution in [0.15, 0.2) is 36.4 Å². The maximum absolute atomic E-state index is 13.4. The van der Waals surface area contributed by atoms with Crippen LogP contribution in [-0.4, -0.2) is 60.2 Å². The second-order valence-electron chi connectivity index (χ2n) is 12.2. The van der Waals surface area contributed by atoms with E-state index < -0.39 is 17.3 Å². The number of amides is 1. The lowest BCUT2D eigenvalue weighted by Crippen LogP contribution is -2.43. The number of nitrogens with zero attached hydrogens (tertiary/aromatic N) is 2. The zero-order valence-electron chi connectivity index (χ0n) is 25.0. The molecule has 3 aromatic rings. The average Bonchev–Trinajstić information content (AvgIpc) is 3.19. The number of benzene rings is 2. The molecule has 0 saturated carbocycles. The summed E-state index contributed by atoms with van der Waals surface area (Å²) in [6, 6.07) is 11.5. The van der Waals surface area contributed by atoms with Gasteiger partial charge in [-0.3, -0.25) is 0 Å². The van der Waals surface area contributed by atoms with E-state index in [-0.39, 0.29) is 12.1 Å². The van der Waals surface area contributed by atoms with E-state index in [1.165, 1.54) is 0 Å². The van der Waals surface area contributed by atoms with Crippen LogP contribution in [0.2, 0.25) is 0 Å². The predicted octanol–water partition coefficient (Wildman–Crippen LogP) is 6.91. The fraction of sp³-hybridized carbons (Fsp3) is 0.484. The Bertz CT molecular complexity index is 1410. The third-order valence-corrected chi connectivity index (χ3v) is 6.81. The molecule has 1 N–H and O–H groups in total. The molecule has 1 aliphatic carbocycles. The molecular weight excluding hydrogens is 510 g/mol. The van der Waals surface area contributed by atoms with Crippen molar-refractivity contribution in [3.8, 4) is 11.5 Å². The van der Waals surface area contributed by atoms with E-state index in [4.69, 9.17) is 18.9 Å². The van der Waals surface area contributed by atoms with Crippen LogP contribution >= 0.6 is 0 Å². The maximum atomic E-state index is 13.4. The predicted molar refractivity (Wildman–Crippen MR) is 156 cm³/mol. The number of rotatable bonds is 5. The molecule has 1 amide bonds. The van der Waals surface area contributed by atoms with Gasteiger partial charge in [0.2, 0.25) is 0 Å². The lowest BCUT2D eigenvalue weighted by molar-refractivity contribution is 0.0207. The summed E-state index contributed by atoms with van der Waals surface area (Å²) in [5.74, 6) is 1.27. The molecule has 1 atom stereocenters. The summed E-state index contributed by atoms with van der Waals surface area (Å²) in [6.07, 6.45) is 1.17. The summed E-state index contributed by atoms with van der Waals surface area (Å²) < 4.78 is 23.9. The minimum atomic E-state index is -0.635. The number of methoxy groups -OCH3 is 2. The van der Waals surface area contributed by atoms with Crippen molar-refractivity contribution >= 4 is 34.5 Å². The van der Waals surface area contributed by atoms with E-state index in [2.05, 4.69) is 5.32 Å². The first kappa shape index (κ1) is 29.1. The first-order chi connectivity index (χ1) is 18.7. The fourth-order valence-electron chi connectivity index (χ4n) is 5.03. The quantitative estimate of drug-likeness (QED) is 0.368. The topological polar surface area (TPSA) is 91.3 Å². The number of nitrogens with one attached hydrogen (secondary N) is 1. The maximum Gasteiger partial charge on any atom is 0.419 e. The van der Waals surface area contributed by atoms with Crippen molar-refractivity contribution in [1.82, 2.24) is 9.47 Å². The van der Waals surface area contributed by atoms with E-state index >= 15 is 0 Å². The molecule has 1 heterocycles. The van der Waals surface area contributed by atoms with Crippen LogP contribution in [0.1, 0.15) is 59.2 Å². The number of fused-ring (bicyclic) bond motifs is 3. The van der Waals surface area contributed by atoms with Gasteiger partial charge in [0.1, 0.15) is 11.2 Å². The van der Waals surface area contributed by atoms with Crippen LogP contribution in [0.4, 0.5) is 21.0 Å². The van der Waals surface area contributed by atoms with Gasteiger partial charge in [-0.25, -0.2) is 14.2 Å². The highest BCUT2D eigenvalue weighted by atomic mass is 16.6.